The van der Waals surface area contributed by atoms with E-state index < -0.39 is 48.2 Å². The molecule has 0 aromatic heterocycles. The molecule has 12 nitrogen and oxygen atoms in total. The summed E-state index contributed by atoms with van der Waals surface area (Å²) in [6.07, 6.45) is 9.24. The maximum Gasteiger partial charge on any atom is 0.290 e. The van der Waals surface area contributed by atoms with Gasteiger partial charge in [-0.05, 0) is 66.8 Å². The zero-order valence-corrected chi connectivity index (χ0v) is 30.3. The van der Waals surface area contributed by atoms with E-state index in [2.05, 4.69) is 21.3 Å². The lowest BCUT2D eigenvalue weighted by Gasteiger charge is -2.40. The predicted molar refractivity (Wildman–Crippen MR) is 195 cm³/mol. The third-order valence-corrected chi connectivity index (χ3v) is 10.3. The highest BCUT2D eigenvalue weighted by atomic mass is 16.5. The third kappa shape index (κ3) is 10.6. The zero-order chi connectivity index (χ0) is 36.9. The number of ketones is 1. The molecule has 3 aliphatic rings. The molecule has 2 heterocycles. The molecule has 1 aliphatic carbocycles. The van der Waals surface area contributed by atoms with Gasteiger partial charge in [0, 0.05) is 25.9 Å². The summed E-state index contributed by atoms with van der Waals surface area (Å²) in [5, 5.41) is 11.0. The first-order valence-electron chi connectivity index (χ1n) is 19.0. The Morgan fingerprint density at radius 2 is 1.65 bits per heavy atom. The summed E-state index contributed by atoms with van der Waals surface area (Å²) in [5.41, 5.74) is 2.64. The Morgan fingerprint density at radius 3 is 2.42 bits per heavy atom. The lowest BCUT2D eigenvalue weighted by Crippen LogP contribution is -2.61. The van der Waals surface area contributed by atoms with Crippen molar-refractivity contribution in [1.29, 1.82) is 0 Å². The molecule has 5 amide bonds. The van der Waals surface area contributed by atoms with Gasteiger partial charge in [0.25, 0.3) is 5.91 Å². The minimum Gasteiger partial charge on any atom is -0.494 e. The van der Waals surface area contributed by atoms with Gasteiger partial charge in [0.1, 0.15) is 17.8 Å². The molecule has 0 spiro atoms. The van der Waals surface area contributed by atoms with Crippen molar-refractivity contribution in [2.45, 2.75) is 122 Å². The molecule has 1 fully saturated rings. The van der Waals surface area contributed by atoms with Gasteiger partial charge in [0.05, 0.1) is 19.2 Å². The first-order chi connectivity index (χ1) is 25.2. The number of hydrogen-bond acceptors (Lipinski definition) is 7. The van der Waals surface area contributed by atoms with Crippen molar-refractivity contribution < 1.29 is 33.5 Å². The summed E-state index contributed by atoms with van der Waals surface area (Å²) in [7, 11) is 0. The Balaban J connectivity index is 1.33. The van der Waals surface area contributed by atoms with Crippen LogP contribution in [0, 0.1) is 5.92 Å². The molecule has 4 N–H and O–H groups in total. The lowest BCUT2D eigenvalue weighted by molar-refractivity contribution is -0.147. The summed E-state index contributed by atoms with van der Waals surface area (Å²) < 4.78 is 6.03. The van der Waals surface area contributed by atoms with Crippen LogP contribution in [-0.4, -0.2) is 71.5 Å². The normalized spacial score (nSPS) is 20.6. The molecule has 2 aromatic rings. The number of carbonyl (C=O) groups is 6. The number of rotatable bonds is 11. The molecule has 1 saturated carbocycles. The molecule has 280 valence electrons. The van der Waals surface area contributed by atoms with Crippen molar-refractivity contribution in [3.05, 3.63) is 65.2 Å². The van der Waals surface area contributed by atoms with E-state index >= 15 is 0 Å². The quantitative estimate of drug-likeness (QED) is 0.258. The van der Waals surface area contributed by atoms with E-state index in [0.29, 0.717) is 31.6 Å². The van der Waals surface area contributed by atoms with Crippen molar-refractivity contribution in [3.8, 4) is 5.75 Å². The van der Waals surface area contributed by atoms with Crippen LogP contribution in [0.5, 0.6) is 5.75 Å². The number of nitrogens with zero attached hydrogens (tertiary/aromatic N) is 1. The minimum absolute atomic E-state index is 0.0492. The van der Waals surface area contributed by atoms with Gasteiger partial charge in [-0.2, -0.15) is 0 Å². The van der Waals surface area contributed by atoms with E-state index in [-0.39, 0.29) is 43.7 Å². The molecule has 12 heteroatoms. The van der Waals surface area contributed by atoms with Crippen LogP contribution < -0.4 is 26.0 Å². The van der Waals surface area contributed by atoms with E-state index in [9.17, 15) is 28.8 Å². The molecular weight excluding hydrogens is 662 g/mol. The van der Waals surface area contributed by atoms with Crippen molar-refractivity contribution in [2.24, 2.45) is 5.92 Å². The molecule has 3 atom stereocenters. The van der Waals surface area contributed by atoms with Crippen LogP contribution >= 0.6 is 0 Å². The number of amides is 5. The fourth-order valence-electron chi connectivity index (χ4n) is 7.41. The van der Waals surface area contributed by atoms with E-state index in [1.165, 1.54) is 4.90 Å². The summed E-state index contributed by atoms with van der Waals surface area (Å²) >= 11 is 0. The molecule has 3 bridgehead atoms. The van der Waals surface area contributed by atoms with Crippen molar-refractivity contribution in [1.82, 2.24) is 26.2 Å². The Morgan fingerprint density at radius 1 is 0.904 bits per heavy atom. The molecule has 0 radical (unpaired) electrons. The number of benzene rings is 2. The fourth-order valence-corrected chi connectivity index (χ4v) is 7.41. The minimum atomic E-state index is -1.15. The van der Waals surface area contributed by atoms with Crippen LogP contribution in [0.1, 0.15) is 101 Å². The van der Waals surface area contributed by atoms with Gasteiger partial charge in [-0.3, -0.25) is 28.8 Å². The number of hydrogen-bond donors (Lipinski definition) is 4. The maximum absolute atomic E-state index is 14.6. The zero-order valence-electron chi connectivity index (χ0n) is 30.3. The molecule has 2 aliphatic heterocycles. The van der Waals surface area contributed by atoms with Crippen LogP contribution in [0.4, 0.5) is 0 Å². The van der Waals surface area contributed by atoms with E-state index in [4.69, 9.17) is 4.74 Å². The first-order valence-corrected chi connectivity index (χ1v) is 19.0. The average molecular weight is 716 g/mol. The predicted octanol–water partition coefficient (Wildman–Crippen LogP) is 3.63. The first kappa shape index (κ1) is 38.5. The van der Waals surface area contributed by atoms with Crippen LogP contribution in [-0.2, 0) is 48.3 Å². The van der Waals surface area contributed by atoms with Gasteiger partial charge in [0.2, 0.25) is 29.4 Å². The summed E-state index contributed by atoms with van der Waals surface area (Å²) in [5.74, 6) is -2.68. The average Bonchev–Trinajstić information content (AvgIpc) is 3.16. The Hall–Kier alpha value is -4.74. The van der Waals surface area contributed by atoms with Crippen LogP contribution in [0.15, 0.2) is 48.5 Å². The van der Waals surface area contributed by atoms with Crippen LogP contribution in [0.25, 0.3) is 0 Å². The van der Waals surface area contributed by atoms with E-state index in [0.717, 1.165) is 68.1 Å². The summed E-state index contributed by atoms with van der Waals surface area (Å²) in [4.78, 5) is 82.3. The molecule has 3 unspecified atom stereocenters. The largest absolute Gasteiger partial charge is 0.494 e. The van der Waals surface area contributed by atoms with Crippen LogP contribution in [0.2, 0.25) is 0 Å². The third-order valence-electron chi connectivity index (χ3n) is 10.3. The summed E-state index contributed by atoms with van der Waals surface area (Å²) in [6.45, 7) is 2.39. The lowest BCUT2D eigenvalue weighted by atomic mass is 9.82. The van der Waals surface area contributed by atoms with Crippen molar-refractivity contribution in [3.63, 3.8) is 0 Å². The number of ether oxygens (including phenoxy) is 1. The molecule has 5 rings (SSSR count). The number of nitrogens with one attached hydrogen (secondary N) is 4. The second-order valence-corrected chi connectivity index (χ2v) is 14.2. The van der Waals surface area contributed by atoms with Gasteiger partial charge in [0.15, 0.2) is 0 Å². The number of fused-ring (bicyclic) bond motifs is 2. The standard InChI is InChI=1S/C40H53N5O7/c1-2-13-32(37(48)39(50)42-25-35(47)41-24-27-14-7-5-8-15-27)43-38(49)33-23-29-19-20-31-22-30(29)26-45(33)40(51)36(28-16-9-6-10-17-28)44-34(46)18-11-3-4-12-21-52-31/h5,7-8,14-15,19-20,22,28,32-33,36H,2-4,6,9-13,16-18,21,23-26H2,1H3,(H,41,47)(H,42,50)(H,43,49)(H,44,46). The smallest absolute Gasteiger partial charge is 0.290 e. The second kappa shape index (κ2) is 19.2. The second-order valence-electron chi connectivity index (χ2n) is 14.2. The SMILES string of the molecule is CCCC(NC(=O)C1Cc2ccc3cc2CN1C(=O)C(C1CCCCC1)NC(=O)CCCCCCO3)C(=O)C(=O)NCC(=O)NCc1ccccc1. The van der Waals surface area contributed by atoms with Gasteiger partial charge < -0.3 is 30.9 Å². The molecule has 2 aromatic carbocycles. The van der Waals surface area contributed by atoms with Crippen molar-refractivity contribution in [2.75, 3.05) is 13.2 Å². The maximum atomic E-state index is 14.6. The Labute approximate surface area is 306 Å². The number of Topliss-reactive ketones (excluding diaryl/α,β-unsaturated/α-hetero) is 1. The van der Waals surface area contributed by atoms with Gasteiger partial charge in [-0.25, -0.2) is 0 Å². The highest BCUT2D eigenvalue weighted by Gasteiger charge is 2.42. The molecule has 0 saturated heterocycles. The Kier molecular flexibility index (Phi) is 14.2. The molecular formula is C40H53N5O7. The summed E-state index contributed by atoms with van der Waals surface area (Å²) in [6, 6.07) is 12.1. The fraction of sp³-hybridized carbons (Fsp3) is 0.550. The Bertz CT molecular complexity index is 1580. The van der Waals surface area contributed by atoms with E-state index in [1.807, 2.05) is 55.5 Å². The van der Waals surface area contributed by atoms with Crippen LogP contribution in [0.3, 0.4) is 0 Å². The highest BCUT2D eigenvalue weighted by Crippen LogP contribution is 2.32. The monoisotopic (exact) mass is 715 g/mol. The topological polar surface area (TPSA) is 163 Å². The van der Waals surface area contributed by atoms with Gasteiger partial charge in [-0.15, -0.1) is 0 Å². The van der Waals surface area contributed by atoms with Crippen molar-refractivity contribution >= 4 is 35.3 Å². The van der Waals surface area contributed by atoms with Gasteiger partial charge in [-0.1, -0.05) is 81.8 Å². The highest BCUT2D eigenvalue weighted by molar-refractivity contribution is 6.38. The number of carbonyl (C=O) groups excluding carboxylic acids is 6. The molecule has 52 heavy (non-hydrogen) atoms. The van der Waals surface area contributed by atoms with E-state index in [1.54, 1.807) is 0 Å². The van der Waals surface area contributed by atoms with Gasteiger partial charge >= 0.3 is 0 Å².